The first-order chi connectivity index (χ1) is 19.8. The number of carbonyl (C=O) groups is 4. The molecule has 0 saturated heterocycles. The van der Waals surface area contributed by atoms with Crippen molar-refractivity contribution >= 4 is 24.2 Å². The number of benzene rings is 1. The zero-order chi connectivity index (χ0) is 32.8. The molecule has 1 saturated carbocycles. The van der Waals surface area contributed by atoms with E-state index in [0.29, 0.717) is 18.9 Å². The normalized spacial score (nSPS) is 17.4. The summed E-state index contributed by atoms with van der Waals surface area (Å²) in [6, 6.07) is 7.94. The lowest BCUT2D eigenvalue weighted by atomic mass is 9.85. The highest BCUT2D eigenvalue weighted by molar-refractivity contribution is 5.75. The van der Waals surface area contributed by atoms with E-state index in [1.165, 1.54) is 6.42 Å². The van der Waals surface area contributed by atoms with E-state index < -0.39 is 16.8 Å². The predicted molar refractivity (Wildman–Crippen MR) is 168 cm³/mol. The molecule has 0 bridgehead atoms. The van der Waals surface area contributed by atoms with Gasteiger partial charge in [-0.2, -0.15) is 0 Å². The van der Waals surface area contributed by atoms with Crippen LogP contribution in [0.15, 0.2) is 24.3 Å². The van der Waals surface area contributed by atoms with Crippen LogP contribution < -0.4 is 5.32 Å². The Morgan fingerprint density at radius 2 is 1.21 bits per heavy atom. The number of aldehydes is 1. The number of nitrogens with zero attached hydrogens (tertiary/aromatic N) is 1. The van der Waals surface area contributed by atoms with Gasteiger partial charge in [0, 0.05) is 19.0 Å². The second-order valence-electron chi connectivity index (χ2n) is 14.3. The summed E-state index contributed by atoms with van der Waals surface area (Å²) >= 11 is 0. The van der Waals surface area contributed by atoms with Crippen LogP contribution in [0, 0.1) is 5.92 Å². The van der Waals surface area contributed by atoms with E-state index in [9.17, 15) is 19.2 Å². The highest BCUT2D eigenvalue weighted by atomic mass is 16.6. The van der Waals surface area contributed by atoms with Crippen LogP contribution in [0.1, 0.15) is 106 Å². The van der Waals surface area contributed by atoms with E-state index >= 15 is 0 Å². The third-order valence-electron chi connectivity index (χ3n) is 6.40. The van der Waals surface area contributed by atoms with Gasteiger partial charge < -0.3 is 24.3 Å². The monoisotopic (exact) mass is 604 g/mol. The van der Waals surface area contributed by atoms with Gasteiger partial charge in [-0.05, 0) is 92.2 Å². The van der Waals surface area contributed by atoms with Gasteiger partial charge in [-0.3, -0.25) is 19.3 Å². The van der Waals surface area contributed by atoms with Crippen LogP contribution >= 0.6 is 0 Å². The number of esters is 3. The summed E-state index contributed by atoms with van der Waals surface area (Å²) in [5, 5.41) is 3.03. The fourth-order valence-electron chi connectivity index (χ4n) is 4.78. The predicted octanol–water partition coefficient (Wildman–Crippen LogP) is 5.41. The fourth-order valence-corrected chi connectivity index (χ4v) is 4.78. The minimum atomic E-state index is -0.521. The van der Waals surface area contributed by atoms with Crippen LogP contribution in [0.25, 0.3) is 0 Å². The number of nitrogens with one attached hydrogen (secondary N) is 1. The van der Waals surface area contributed by atoms with Gasteiger partial charge in [0.25, 0.3) is 0 Å². The molecule has 0 spiro atoms. The van der Waals surface area contributed by atoms with Gasteiger partial charge in [0.2, 0.25) is 0 Å². The van der Waals surface area contributed by atoms with E-state index in [1.807, 2.05) is 91.5 Å². The Morgan fingerprint density at radius 1 is 0.767 bits per heavy atom. The average molecular weight is 605 g/mol. The second kappa shape index (κ2) is 17.5. The summed E-state index contributed by atoms with van der Waals surface area (Å²) in [5.41, 5.74) is 0.568. The molecule has 1 aliphatic rings. The summed E-state index contributed by atoms with van der Waals surface area (Å²) in [6.45, 7) is 19.9. The van der Waals surface area contributed by atoms with Crippen molar-refractivity contribution < 1.29 is 33.4 Å². The number of carbonyl (C=O) groups excluding carboxylic acids is 4. The Kier molecular flexibility index (Phi) is 15.6. The van der Waals surface area contributed by atoms with Crippen LogP contribution in [-0.2, 0) is 46.4 Å². The van der Waals surface area contributed by atoms with E-state index in [4.69, 9.17) is 14.2 Å². The smallest absolute Gasteiger partial charge is 0.320 e. The number of hydrogen-bond acceptors (Lipinski definition) is 9. The summed E-state index contributed by atoms with van der Waals surface area (Å²) in [6.07, 6.45) is 5.80. The average Bonchev–Trinajstić information content (AvgIpc) is 2.82. The fraction of sp³-hybridized carbons (Fsp3) is 0.706. The maximum Gasteiger partial charge on any atom is 0.320 e. The van der Waals surface area contributed by atoms with Gasteiger partial charge in [-0.15, -0.1) is 0 Å². The Hall–Kier alpha value is -2.78. The zero-order valence-electron chi connectivity index (χ0n) is 28.2. The molecule has 2 atom stereocenters. The van der Waals surface area contributed by atoms with Gasteiger partial charge in [0.05, 0.1) is 19.6 Å². The van der Waals surface area contributed by atoms with E-state index in [0.717, 1.165) is 36.7 Å². The van der Waals surface area contributed by atoms with Crippen molar-refractivity contribution in [2.24, 2.45) is 5.92 Å². The molecule has 244 valence electrons. The molecule has 1 aromatic carbocycles. The molecule has 0 amide bonds. The van der Waals surface area contributed by atoms with E-state index in [-0.39, 0.29) is 43.6 Å². The van der Waals surface area contributed by atoms with Gasteiger partial charge in [-0.1, -0.05) is 44.0 Å². The lowest BCUT2D eigenvalue weighted by molar-refractivity contribution is -0.162. The molecule has 0 heterocycles. The highest BCUT2D eigenvalue weighted by Crippen LogP contribution is 2.28. The van der Waals surface area contributed by atoms with E-state index in [1.54, 1.807) is 0 Å². The topological polar surface area (TPSA) is 111 Å². The Balaban J connectivity index is 0.000000442. The van der Waals surface area contributed by atoms with E-state index in [2.05, 4.69) is 12.2 Å². The third kappa shape index (κ3) is 18.5. The van der Waals surface area contributed by atoms with Crippen LogP contribution in [0.2, 0.25) is 0 Å². The largest absolute Gasteiger partial charge is 0.459 e. The van der Waals surface area contributed by atoms with Gasteiger partial charge >= 0.3 is 17.9 Å². The maximum absolute atomic E-state index is 12.3. The van der Waals surface area contributed by atoms with Gasteiger partial charge in [0.1, 0.15) is 23.1 Å². The first-order valence-electron chi connectivity index (χ1n) is 15.4. The van der Waals surface area contributed by atoms with Crippen LogP contribution in [0.3, 0.4) is 0 Å². The quantitative estimate of drug-likeness (QED) is 0.201. The summed E-state index contributed by atoms with van der Waals surface area (Å²) < 4.78 is 16.1. The molecule has 43 heavy (non-hydrogen) atoms. The highest BCUT2D eigenvalue weighted by Gasteiger charge is 2.32. The van der Waals surface area contributed by atoms with Crippen LogP contribution in [0.4, 0.5) is 0 Å². The maximum atomic E-state index is 12.3. The van der Waals surface area contributed by atoms with Gasteiger partial charge in [-0.25, -0.2) is 0 Å². The molecule has 1 N–H and O–H groups in total. The van der Waals surface area contributed by atoms with Gasteiger partial charge in [0.15, 0.2) is 0 Å². The first-order valence-corrected chi connectivity index (χ1v) is 15.4. The third-order valence-corrected chi connectivity index (χ3v) is 6.40. The molecule has 0 radical (unpaired) electrons. The summed E-state index contributed by atoms with van der Waals surface area (Å²) in [5.74, 6) is -0.374. The van der Waals surface area contributed by atoms with Crippen molar-refractivity contribution in [2.45, 2.75) is 131 Å². The second-order valence-corrected chi connectivity index (χ2v) is 14.3. The molecule has 1 aliphatic carbocycles. The molecule has 0 aliphatic heterocycles. The standard InChI is InChI=1S/C19H35NO4.C15H21NO3/c1-14-10-8-9-11-15(14)20(12-16(21)23-18(2,3)4)13-17(22)24-19(5,6)7;1-15(2,3)19-14(18)11-16-10-13-6-4-12(5-7-13)8-9-17/h14-15H,8-13H2,1-7H3;4-7,9,16H,8,10-11H2,1-3H3/t14-,15-;/m1./s1. The Morgan fingerprint density at radius 3 is 1.65 bits per heavy atom. The molecular weight excluding hydrogens is 548 g/mol. The minimum Gasteiger partial charge on any atom is -0.459 e. The van der Waals surface area contributed by atoms with Crippen molar-refractivity contribution in [2.75, 3.05) is 19.6 Å². The molecule has 1 aromatic rings. The zero-order valence-corrected chi connectivity index (χ0v) is 28.2. The molecule has 2 rings (SSSR count). The van der Waals surface area contributed by atoms with Crippen molar-refractivity contribution in [1.82, 2.24) is 10.2 Å². The van der Waals surface area contributed by atoms with Crippen molar-refractivity contribution in [3.8, 4) is 0 Å². The number of hydrogen-bond donors (Lipinski definition) is 1. The molecule has 0 unspecified atom stereocenters. The lowest BCUT2D eigenvalue weighted by Gasteiger charge is -2.38. The molecular formula is C34H56N2O7. The molecule has 9 nitrogen and oxygen atoms in total. The Bertz CT molecular complexity index is 987. The van der Waals surface area contributed by atoms with Crippen molar-refractivity contribution in [3.63, 3.8) is 0 Å². The molecule has 0 aromatic heterocycles. The molecule has 1 fully saturated rings. The minimum absolute atomic E-state index is 0.130. The van der Waals surface area contributed by atoms with Crippen molar-refractivity contribution in [1.29, 1.82) is 0 Å². The number of rotatable bonds is 11. The molecule has 9 heteroatoms. The van der Waals surface area contributed by atoms with Crippen molar-refractivity contribution in [3.05, 3.63) is 35.4 Å². The summed E-state index contributed by atoms with van der Waals surface area (Å²) in [7, 11) is 0. The summed E-state index contributed by atoms with van der Waals surface area (Å²) in [4.78, 5) is 48.3. The number of ether oxygens (including phenoxy) is 3. The van der Waals surface area contributed by atoms with Crippen LogP contribution in [0.5, 0.6) is 0 Å². The first kappa shape index (κ1) is 38.2. The Labute approximate surface area is 259 Å². The van der Waals surface area contributed by atoms with Crippen LogP contribution in [-0.4, -0.2) is 71.6 Å². The SMILES string of the molecule is CC(C)(C)OC(=O)CNCc1ccc(CC=O)cc1.C[C@@H]1CCCC[C@H]1N(CC(=O)OC(C)(C)C)CC(=O)OC(C)(C)C. The lowest BCUT2D eigenvalue weighted by Crippen LogP contribution is -2.48.